The van der Waals surface area contributed by atoms with Crippen LogP contribution in [-0.4, -0.2) is 57.4 Å². The zero-order valence-electron chi connectivity index (χ0n) is 10.4. The molecule has 1 aromatic rings. The standard InChI is InChI=1S/C10H15N3O5S/c1-10(16)2-3-13(7-10)19(17,18)8-4-11-12(5-8)6-9(14)15/h4-5,16H,2-3,6-7H2,1H3,(H,14,15). The van der Waals surface area contributed by atoms with Gasteiger partial charge in [-0.05, 0) is 13.3 Å². The van der Waals surface area contributed by atoms with Gasteiger partial charge in [-0.3, -0.25) is 9.48 Å². The van der Waals surface area contributed by atoms with Gasteiger partial charge in [-0.15, -0.1) is 0 Å². The van der Waals surface area contributed by atoms with E-state index in [1.165, 1.54) is 10.5 Å². The van der Waals surface area contributed by atoms with Crippen LogP contribution in [0.1, 0.15) is 13.3 Å². The van der Waals surface area contributed by atoms with Gasteiger partial charge in [0, 0.05) is 19.3 Å². The first-order chi connectivity index (χ1) is 8.71. The second kappa shape index (κ2) is 4.58. The van der Waals surface area contributed by atoms with Crippen LogP contribution in [0.3, 0.4) is 0 Å². The number of aromatic nitrogens is 2. The van der Waals surface area contributed by atoms with Crippen molar-refractivity contribution in [3.63, 3.8) is 0 Å². The summed E-state index contributed by atoms with van der Waals surface area (Å²) >= 11 is 0. The van der Waals surface area contributed by atoms with Crippen LogP contribution in [-0.2, 0) is 21.4 Å². The third-order valence-electron chi connectivity index (χ3n) is 2.96. The highest BCUT2D eigenvalue weighted by Gasteiger charge is 2.38. The Bertz CT molecular complexity index is 592. The van der Waals surface area contributed by atoms with Gasteiger partial charge in [-0.2, -0.15) is 9.40 Å². The summed E-state index contributed by atoms with van der Waals surface area (Å²) in [6.07, 6.45) is 2.66. The molecule has 1 aliphatic heterocycles. The summed E-state index contributed by atoms with van der Waals surface area (Å²) in [4.78, 5) is 10.5. The lowest BCUT2D eigenvalue weighted by molar-refractivity contribution is -0.137. The van der Waals surface area contributed by atoms with Gasteiger partial charge in [0.1, 0.15) is 11.4 Å². The molecular formula is C10H15N3O5S. The molecule has 1 unspecified atom stereocenters. The van der Waals surface area contributed by atoms with E-state index in [0.29, 0.717) is 6.42 Å². The second-order valence-electron chi connectivity index (χ2n) is 4.85. The minimum absolute atomic E-state index is 0.0272. The molecule has 19 heavy (non-hydrogen) atoms. The molecule has 1 aromatic heterocycles. The van der Waals surface area contributed by atoms with Gasteiger partial charge in [-0.1, -0.05) is 0 Å². The maximum absolute atomic E-state index is 12.2. The van der Waals surface area contributed by atoms with Crippen molar-refractivity contribution < 1.29 is 23.4 Å². The van der Waals surface area contributed by atoms with Gasteiger partial charge in [-0.25, -0.2) is 8.42 Å². The Morgan fingerprint density at radius 2 is 2.26 bits per heavy atom. The predicted molar refractivity (Wildman–Crippen MR) is 63.9 cm³/mol. The molecule has 2 heterocycles. The number of carbonyl (C=O) groups is 1. The van der Waals surface area contributed by atoms with Crippen LogP contribution in [0.25, 0.3) is 0 Å². The number of aliphatic hydroxyl groups is 1. The van der Waals surface area contributed by atoms with Crippen LogP contribution in [0.4, 0.5) is 0 Å². The quantitative estimate of drug-likeness (QED) is 0.743. The lowest BCUT2D eigenvalue weighted by Crippen LogP contribution is -2.33. The number of nitrogens with zero attached hydrogens (tertiary/aromatic N) is 3. The van der Waals surface area contributed by atoms with Crippen LogP contribution < -0.4 is 0 Å². The van der Waals surface area contributed by atoms with Gasteiger partial charge >= 0.3 is 5.97 Å². The van der Waals surface area contributed by atoms with E-state index in [-0.39, 0.29) is 18.0 Å². The molecule has 0 saturated carbocycles. The summed E-state index contributed by atoms with van der Waals surface area (Å²) in [7, 11) is -3.73. The largest absolute Gasteiger partial charge is 0.480 e. The Labute approximate surface area is 110 Å². The summed E-state index contributed by atoms with van der Waals surface area (Å²) in [5, 5.41) is 22.1. The van der Waals surface area contributed by atoms with E-state index in [9.17, 15) is 18.3 Å². The van der Waals surface area contributed by atoms with Crippen molar-refractivity contribution in [1.82, 2.24) is 14.1 Å². The number of hydrogen-bond donors (Lipinski definition) is 2. The highest BCUT2D eigenvalue weighted by Crippen LogP contribution is 2.26. The van der Waals surface area contributed by atoms with Gasteiger partial charge in [0.05, 0.1) is 11.8 Å². The van der Waals surface area contributed by atoms with E-state index < -0.39 is 28.1 Å². The molecule has 8 nitrogen and oxygen atoms in total. The molecular weight excluding hydrogens is 274 g/mol. The summed E-state index contributed by atoms with van der Waals surface area (Å²) in [6, 6.07) is 0. The van der Waals surface area contributed by atoms with E-state index in [4.69, 9.17) is 5.11 Å². The molecule has 0 spiro atoms. The highest BCUT2D eigenvalue weighted by atomic mass is 32.2. The Hall–Kier alpha value is -1.45. The van der Waals surface area contributed by atoms with E-state index >= 15 is 0 Å². The fourth-order valence-corrected chi connectivity index (χ4v) is 3.47. The minimum atomic E-state index is -3.73. The summed E-state index contributed by atoms with van der Waals surface area (Å²) < 4.78 is 26.7. The lowest BCUT2D eigenvalue weighted by atomic mass is 10.1. The number of carboxylic acid groups (broad SMARTS) is 1. The Kier molecular flexibility index (Phi) is 3.37. The zero-order valence-corrected chi connectivity index (χ0v) is 11.2. The SMILES string of the molecule is CC1(O)CCN(S(=O)(=O)c2cnn(CC(=O)O)c2)C1. The topological polar surface area (TPSA) is 113 Å². The van der Waals surface area contributed by atoms with E-state index in [0.717, 1.165) is 10.9 Å². The van der Waals surface area contributed by atoms with E-state index in [2.05, 4.69) is 5.10 Å². The Balaban J connectivity index is 2.21. The second-order valence-corrected chi connectivity index (χ2v) is 6.79. The highest BCUT2D eigenvalue weighted by molar-refractivity contribution is 7.89. The average molecular weight is 289 g/mol. The van der Waals surface area contributed by atoms with Crippen molar-refractivity contribution in [3.05, 3.63) is 12.4 Å². The van der Waals surface area contributed by atoms with E-state index in [1.807, 2.05) is 0 Å². The molecule has 0 aromatic carbocycles. The minimum Gasteiger partial charge on any atom is -0.480 e. The Morgan fingerprint density at radius 1 is 1.58 bits per heavy atom. The van der Waals surface area contributed by atoms with Crippen molar-refractivity contribution in [2.75, 3.05) is 13.1 Å². The van der Waals surface area contributed by atoms with Gasteiger partial charge < -0.3 is 10.2 Å². The molecule has 0 radical (unpaired) electrons. The fourth-order valence-electron chi connectivity index (χ4n) is 1.96. The van der Waals surface area contributed by atoms with Crippen LogP contribution >= 0.6 is 0 Å². The molecule has 1 atom stereocenters. The van der Waals surface area contributed by atoms with Crippen molar-refractivity contribution in [3.8, 4) is 0 Å². The van der Waals surface area contributed by atoms with Gasteiger partial charge in [0.25, 0.3) is 0 Å². The van der Waals surface area contributed by atoms with Gasteiger partial charge in [0.15, 0.2) is 0 Å². The zero-order chi connectivity index (χ0) is 14.3. The first-order valence-corrected chi connectivity index (χ1v) is 7.11. The normalized spacial score (nSPS) is 24.7. The summed E-state index contributed by atoms with van der Waals surface area (Å²) in [6.45, 7) is 1.45. The van der Waals surface area contributed by atoms with Crippen molar-refractivity contribution >= 4 is 16.0 Å². The van der Waals surface area contributed by atoms with Crippen LogP contribution in [0.5, 0.6) is 0 Å². The van der Waals surface area contributed by atoms with Crippen LogP contribution in [0.2, 0.25) is 0 Å². The molecule has 2 N–H and O–H groups in total. The number of β-amino-alcohol motifs (C(OH)–C–C–N with tert-alkyl or cyclic N) is 1. The predicted octanol–water partition coefficient (Wildman–Crippen LogP) is -0.887. The summed E-state index contributed by atoms with van der Waals surface area (Å²) in [5.74, 6) is -1.10. The number of rotatable bonds is 4. The molecule has 1 saturated heterocycles. The molecule has 106 valence electrons. The fraction of sp³-hybridized carbons (Fsp3) is 0.600. The number of sulfonamides is 1. The molecule has 2 rings (SSSR count). The number of carboxylic acids is 1. The summed E-state index contributed by atoms with van der Waals surface area (Å²) in [5.41, 5.74) is -1.02. The Morgan fingerprint density at radius 3 is 2.79 bits per heavy atom. The first-order valence-electron chi connectivity index (χ1n) is 5.67. The maximum Gasteiger partial charge on any atom is 0.325 e. The average Bonchev–Trinajstić information content (AvgIpc) is 2.84. The van der Waals surface area contributed by atoms with Crippen LogP contribution in [0, 0.1) is 0 Å². The smallest absolute Gasteiger partial charge is 0.325 e. The van der Waals surface area contributed by atoms with Crippen molar-refractivity contribution in [1.29, 1.82) is 0 Å². The molecule has 9 heteroatoms. The molecule has 0 amide bonds. The lowest BCUT2D eigenvalue weighted by Gasteiger charge is -2.17. The maximum atomic E-state index is 12.2. The molecule has 0 aliphatic carbocycles. The molecule has 1 aliphatic rings. The number of aliphatic carboxylic acids is 1. The molecule has 1 fully saturated rings. The number of hydrogen-bond acceptors (Lipinski definition) is 5. The van der Waals surface area contributed by atoms with Crippen LogP contribution in [0.15, 0.2) is 17.3 Å². The molecule has 0 bridgehead atoms. The third kappa shape index (κ3) is 2.94. The van der Waals surface area contributed by atoms with Crippen molar-refractivity contribution in [2.24, 2.45) is 0 Å². The monoisotopic (exact) mass is 289 g/mol. The van der Waals surface area contributed by atoms with Gasteiger partial charge in [0.2, 0.25) is 10.0 Å². The first kappa shape index (κ1) is 14.0. The van der Waals surface area contributed by atoms with E-state index in [1.54, 1.807) is 6.92 Å². The van der Waals surface area contributed by atoms with Crippen molar-refractivity contribution in [2.45, 2.75) is 30.4 Å². The third-order valence-corrected chi connectivity index (χ3v) is 4.76.